The third kappa shape index (κ3) is 3.28. The van der Waals surface area contributed by atoms with E-state index in [1.165, 1.54) is 17.0 Å². The van der Waals surface area contributed by atoms with E-state index in [-0.39, 0.29) is 18.5 Å². The predicted molar refractivity (Wildman–Crippen MR) is 84.4 cm³/mol. The highest BCUT2D eigenvalue weighted by Crippen LogP contribution is 2.23. The number of carbonyl (C=O) groups is 2. The summed E-state index contributed by atoms with van der Waals surface area (Å²) in [5.74, 6) is -2.51. The quantitative estimate of drug-likeness (QED) is 0.806. The first kappa shape index (κ1) is 16.9. The van der Waals surface area contributed by atoms with Gasteiger partial charge in [-0.1, -0.05) is 12.1 Å². The van der Waals surface area contributed by atoms with Gasteiger partial charge >= 0.3 is 0 Å². The average Bonchev–Trinajstić information content (AvgIpc) is 2.54. The van der Waals surface area contributed by atoms with E-state index in [1.54, 1.807) is 4.90 Å². The van der Waals surface area contributed by atoms with Crippen LogP contribution in [0.3, 0.4) is 0 Å². The maximum absolute atomic E-state index is 13.7. The Labute approximate surface area is 140 Å². The molecule has 1 aromatic rings. The molecule has 1 unspecified atom stereocenters. The van der Waals surface area contributed by atoms with E-state index < -0.39 is 32.2 Å². The van der Waals surface area contributed by atoms with Crippen LogP contribution in [0.15, 0.2) is 29.2 Å². The molecule has 2 amide bonds. The number of benzene rings is 1. The minimum atomic E-state index is -4.08. The van der Waals surface area contributed by atoms with Gasteiger partial charge in [0.1, 0.15) is 16.5 Å². The molecule has 0 aromatic heterocycles. The van der Waals surface area contributed by atoms with Crippen LogP contribution in [0, 0.1) is 5.82 Å². The maximum Gasteiger partial charge on any atom is 0.242 e. The van der Waals surface area contributed by atoms with Crippen LogP contribution in [0.2, 0.25) is 0 Å². The van der Waals surface area contributed by atoms with Gasteiger partial charge in [-0.3, -0.25) is 9.59 Å². The van der Waals surface area contributed by atoms with Crippen molar-refractivity contribution in [1.82, 2.24) is 9.80 Å². The van der Waals surface area contributed by atoms with Crippen LogP contribution in [0.4, 0.5) is 4.39 Å². The summed E-state index contributed by atoms with van der Waals surface area (Å²) in [5.41, 5.74) is 0. The molecule has 6 nitrogen and oxygen atoms in total. The summed E-state index contributed by atoms with van der Waals surface area (Å²) in [6.45, 7) is 0.929. The summed E-state index contributed by atoms with van der Waals surface area (Å²) in [6.07, 6.45) is 2.76. The number of hydrogen-bond donors (Lipinski definition) is 0. The van der Waals surface area contributed by atoms with Gasteiger partial charge in [-0.15, -0.1) is 0 Å². The van der Waals surface area contributed by atoms with E-state index in [1.807, 2.05) is 0 Å². The van der Waals surface area contributed by atoms with E-state index in [4.69, 9.17) is 0 Å². The Hall–Kier alpha value is -1.96. The molecule has 130 valence electrons. The van der Waals surface area contributed by atoms with Crippen LogP contribution in [0.1, 0.15) is 19.3 Å². The molecular weight excluding hydrogens is 335 g/mol. The number of piperidine rings is 1. The highest BCUT2D eigenvalue weighted by atomic mass is 32.2. The lowest BCUT2D eigenvalue weighted by Gasteiger charge is -2.43. The number of halogens is 1. The second-order valence-corrected chi connectivity index (χ2v) is 8.16. The molecule has 0 spiro atoms. The van der Waals surface area contributed by atoms with Crippen molar-refractivity contribution in [1.29, 1.82) is 0 Å². The van der Waals surface area contributed by atoms with Crippen molar-refractivity contribution >= 4 is 21.7 Å². The number of fused-ring (bicyclic) bond motifs is 1. The Bertz CT molecular complexity index is 765. The van der Waals surface area contributed by atoms with Crippen molar-refractivity contribution in [3.05, 3.63) is 30.1 Å². The number of amides is 2. The highest BCUT2D eigenvalue weighted by Gasteiger charge is 2.37. The predicted octanol–water partition coefficient (Wildman–Crippen LogP) is 0.823. The molecule has 3 rings (SSSR count). The second-order valence-electron chi connectivity index (χ2n) is 6.20. The Morgan fingerprint density at radius 1 is 1.25 bits per heavy atom. The summed E-state index contributed by atoms with van der Waals surface area (Å²) < 4.78 is 38.3. The molecule has 2 fully saturated rings. The summed E-state index contributed by atoms with van der Waals surface area (Å²) >= 11 is 0. The number of nitrogens with zero attached hydrogens (tertiary/aromatic N) is 2. The molecule has 1 atom stereocenters. The van der Waals surface area contributed by atoms with Crippen molar-refractivity contribution in [2.24, 2.45) is 0 Å². The Balaban J connectivity index is 1.73. The molecule has 0 aliphatic carbocycles. The zero-order chi connectivity index (χ0) is 17.3. The standard InChI is InChI=1S/C16H19FN2O4S/c17-13-6-1-2-7-14(13)24(22,23)11-16(21)18-9-12-5-3-4-8-19(12)15(20)10-18/h1-2,6-7,12H,3-5,8-11H2. The van der Waals surface area contributed by atoms with Gasteiger partial charge in [0.15, 0.2) is 9.84 Å². The Morgan fingerprint density at radius 3 is 2.75 bits per heavy atom. The van der Waals surface area contributed by atoms with E-state index in [0.717, 1.165) is 31.4 Å². The molecule has 2 aliphatic heterocycles. The largest absolute Gasteiger partial charge is 0.336 e. The molecule has 24 heavy (non-hydrogen) atoms. The fourth-order valence-electron chi connectivity index (χ4n) is 3.31. The third-order valence-corrected chi connectivity index (χ3v) is 6.17. The molecule has 0 saturated carbocycles. The van der Waals surface area contributed by atoms with Gasteiger partial charge < -0.3 is 9.80 Å². The zero-order valence-corrected chi connectivity index (χ0v) is 14.0. The van der Waals surface area contributed by atoms with Gasteiger partial charge in [0.25, 0.3) is 0 Å². The number of sulfone groups is 1. The van der Waals surface area contributed by atoms with E-state index in [0.29, 0.717) is 13.1 Å². The minimum absolute atomic E-state index is 0.0416. The lowest BCUT2D eigenvalue weighted by molar-refractivity contribution is -0.149. The fourth-order valence-corrected chi connectivity index (χ4v) is 4.62. The molecule has 2 saturated heterocycles. The Morgan fingerprint density at radius 2 is 2.00 bits per heavy atom. The Kier molecular flexibility index (Phi) is 4.58. The molecule has 1 aromatic carbocycles. The normalized spacial score (nSPS) is 21.5. The van der Waals surface area contributed by atoms with Gasteiger partial charge in [0.05, 0.1) is 6.54 Å². The summed E-state index contributed by atoms with van der Waals surface area (Å²) in [7, 11) is -4.08. The topological polar surface area (TPSA) is 74.8 Å². The first-order valence-corrected chi connectivity index (χ1v) is 9.58. The monoisotopic (exact) mass is 354 g/mol. The SMILES string of the molecule is O=C(CS(=O)(=O)c1ccccc1F)N1CC(=O)N2CCCCC2C1. The lowest BCUT2D eigenvalue weighted by Crippen LogP contribution is -2.59. The first-order chi connectivity index (χ1) is 11.4. The number of rotatable bonds is 3. The van der Waals surface area contributed by atoms with Gasteiger partial charge in [-0.05, 0) is 31.4 Å². The number of carbonyl (C=O) groups excluding carboxylic acids is 2. The molecule has 0 bridgehead atoms. The first-order valence-electron chi connectivity index (χ1n) is 7.93. The van der Waals surface area contributed by atoms with Crippen molar-refractivity contribution in [3.63, 3.8) is 0 Å². The summed E-state index contributed by atoms with van der Waals surface area (Å²) in [4.78, 5) is 27.1. The molecule has 2 heterocycles. The maximum atomic E-state index is 13.7. The smallest absolute Gasteiger partial charge is 0.242 e. The van der Waals surface area contributed by atoms with Crippen LogP contribution in [0.25, 0.3) is 0 Å². The van der Waals surface area contributed by atoms with Crippen LogP contribution < -0.4 is 0 Å². The molecule has 0 N–H and O–H groups in total. The zero-order valence-electron chi connectivity index (χ0n) is 13.2. The van der Waals surface area contributed by atoms with Gasteiger partial charge in [0.2, 0.25) is 11.8 Å². The van der Waals surface area contributed by atoms with Gasteiger partial charge in [-0.25, -0.2) is 12.8 Å². The molecule has 8 heteroatoms. The molecule has 0 radical (unpaired) electrons. The summed E-state index contributed by atoms with van der Waals surface area (Å²) in [5, 5.41) is 0. The third-order valence-electron chi connectivity index (χ3n) is 4.54. The second kappa shape index (κ2) is 6.51. The van der Waals surface area contributed by atoms with Gasteiger partial charge in [0, 0.05) is 19.1 Å². The fraction of sp³-hybridized carbons (Fsp3) is 0.500. The molecule has 2 aliphatic rings. The van der Waals surface area contributed by atoms with Crippen molar-refractivity contribution in [3.8, 4) is 0 Å². The number of hydrogen-bond acceptors (Lipinski definition) is 4. The van der Waals surface area contributed by atoms with Crippen LogP contribution >= 0.6 is 0 Å². The van der Waals surface area contributed by atoms with E-state index in [2.05, 4.69) is 0 Å². The minimum Gasteiger partial charge on any atom is -0.336 e. The molecular formula is C16H19FN2O4S. The van der Waals surface area contributed by atoms with Crippen LogP contribution in [0.5, 0.6) is 0 Å². The van der Waals surface area contributed by atoms with Crippen molar-refractivity contribution < 1.29 is 22.4 Å². The van der Waals surface area contributed by atoms with Crippen LogP contribution in [-0.2, 0) is 19.4 Å². The average molecular weight is 354 g/mol. The van der Waals surface area contributed by atoms with Crippen LogP contribution in [-0.4, -0.2) is 61.5 Å². The number of piperazine rings is 1. The highest BCUT2D eigenvalue weighted by molar-refractivity contribution is 7.92. The van der Waals surface area contributed by atoms with E-state index >= 15 is 0 Å². The lowest BCUT2D eigenvalue weighted by atomic mass is 9.99. The van der Waals surface area contributed by atoms with Crippen molar-refractivity contribution in [2.45, 2.75) is 30.2 Å². The van der Waals surface area contributed by atoms with Crippen molar-refractivity contribution in [2.75, 3.05) is 25.4 Å². The summed E-state index contributed by atoms with van der Waals surface area (Å²) in [6, 6.07) is 4.94. The van der Waals surface area contributed by atoms with E-state index in [9.17, 15) is 22.4 Å². The van der Waals surface area contributed by atoms with Gasteiger partial charge in [-0.2, -0.15) is 0 Å².